The van der Waals surface area contributed by atoms with Crippen LogP contribution in [-0.2, 0) is 4.79 Å². The zero-order valence-electron chi connectivity index (χ0n) is 13.3. The SMILES string of the molecule is O=C(c1ccccc1Br)N1C(=O)[C@@H]2CCCN2C(=O)c2ccccc21. The van der Waals surface area contributed by atoms with Crippen LogP contribution in [0.5, 0.6) is 0 Å². The Hall–Kier alpha value is -2.47. The molecular weight excluding hydrogens is 384 g/mol. The van der Waals surface area contributed by atoms with Crippen molar-refractivity contribution in [1.29, 1.82) is 0 Å². The second-order valence-electron chi connectivity index (χ2n) is 6.13. The van der Waals surface area contributed by atoms with E-state index in [1.165, 1.54) is 4.90 Å². The number of carbonyl (C=O) groups excluding carboxylic acids is 3. The van der Waals surface area contributed by atoms with Crippen molar-refractivity contribution >= 4 is 39.3 Å². The van der Waals surface area contributed by atoms with Crippen LogP contribution in [0, 0.1) is 0 Å². The highest BCUT2D eigenvalue weighted by atomic mass is 79.9. The van der Waals surface area contributed by atoms with E-state index in [1.54, 1.807) is 53.4 Å². The number of fused-ring (bicyclic) bond motifs is 2. The standard InChI is InChI=1S/C19H15BrN2O3/c20-14-8-3-1-6-12(14)18(24)22-15-9-4-2-7-13(15)17(23)21-11-5-10-16(21)19(22)25/h1-4,6-9,16H,5,10-11H2/t16-/m0/s1. The molecule has 0 saturated carbocycles. The molecule has 2 aliphatic rings. The Labute approximate surface area is 153 Å². The molecule has 5 nitrogen and oxygen atoms in total. The maximum atomic E-state index is 13.2. The van der Waals surface area contributed by atoms with Gasteiger partial charge in [-0.05, 0) is 53.0 Å². The Balaban J connectivity index is 1.89. The zero-order chi connectivity index (χ0) is 17.6. The van der Waals surface area contributed by atoms with Crippen LogP contribution in [0.3, 0.4) is 0 Å². The summed E-state index contributed by atoms with van der Waals surface area (Å²) in [6, 6.07) is 13.2. The lowest BCUT2D eigenvalue weighted by molar-refractivity contribution is -0.121. The van der Waals surface area contributed by atoms with Gasteiger partial charge in [-0.2, -0.15) is 0 Å². The molecule has 0 radical (unpaired) electrons. The Bertz CT molecular complexity index is 896. The van der Waals surface area contributed by atoms with Crippen LogP contribution in [-0.4, -0.2) is 35.2 Å². The first-order valence-corrected chi connectivity index (χ1v) is 8.91. The lowest BCUT2D eigenvalue weighted by Crippen LogP contribution is -2.47. The highest BCUT2D eigenvalue weighted by Gasteiger charge is 2.44. The summed E-state index contributed by atoms with van der Waals surface area (Å²) in [6.45, 7) is 0.542. The quantitative estimate of drug-likeness (QED) is 0.692. The van der Waals surface area contributed by atoms with E-state index in [-0.39, 0.29) is 11.8 Å². The summed E-state index contributed by atoms with van der Waals surface area (Å²) in [7, 11) is 0. The molecule has 4 rings (SSSR count). The van der Waals surface area contributed by atoms with Crippen LogP contribution in [0.1, 0.15) is 33.6 Å². The number of imide groups is 1. The van der Waals surface area contributed by atoms with E-state index in [4.69, 9.17) is 0 Å². The van der Waals surface area contributed by atoms with E-state index in [1.807, 2.05) is 0 Å². The van der Waals surface area contributed by atoms with Crippen molar-refractivity contribution in [2.24, 2.45) is 0 Å². The largest absolute Gasteiger partial charge is 0.327 e. The zero-order valence-corrected chi connectivity index (χ0v) is 14.9. The lowest BCUT2D eigenvalue weighted by Gasteiger charge is -2.24. The molecule has 126 valence electrons. The van der Waals surface area contributed by atoms with Crippen LogP contribution < -0.4 is 4.90 Å². The van der Waals surface area contributed by atoms with Gasteiger partial charge in [0.05, 0.1) is 16.8 Å². The predicted molar refractivity (Wildman–Crippen MR) is 96.5 cm³/mol. The smallest absolute Gasteiger partial charge is 0.266 e. The van der Waals surface area contributed by atoms with Crippen LogP contribution in [0.2, 0.25) is 0 Å². The summed E-state index contributed by atoms with van der Waals surface area (Å²) in [5.41, 5.74) is 1.14. The molecule has 6 heteroatoms. The number of rotatable bonds is 1. The molecule has 25 heavy (non-hydrogen) atoms. The first kappa shape index (κ1) is 16.0. The summed E-state index contributed by atoms with van der Waals surface area (Å²) < 4.78 is 0.615. The van der Waals surface area contributed by atoms with E-state index in [0.717, 1.165) is 6.42 Å². The van der Waals surface area contributed by atoms with Gasteiger partial charge in [-0.15, -0.1) is 0 Å². The second-order valence-corrected chi connectivity index (χ2v) is 6.99. The van der Waals surface area contributed by atoms with Crippen molar-refractivity contribution in [3.05, 3.63) is 64.1 Å². The first-order chi connectivity index (χ1) is 12.1. The van der Waals surface area contributed by atoms with Gasteiger partial charge in [0.2, 0.25) is 0 Å². The molecule has 2 aliphatic heterocycles. The summed E-state index contributed by atoms with van der Waals surface area (Å²) in [5.74, 6) is -0.947. The molecule has 1 fully saturated rings. The Kier molecular flexibility index (Phi) is 3.92. The number of halogens is 1. The molecule has 2 heterocycles. The van der Waals surface area contributed by atoms with Gasteiger partial charge >= 0.3 is 0 Å². The summed E-state index contributed by atoms with van der Waals surface area (Å²) in [5, 5.41) is 0. The number of benzene rings is 2. The van der Waals surface area contributed by atoms with E-state index in [2.05, 4.69) is 15.9 Å². The van der Waals surface area contributed by atoms with Crippen molar-refractivity contribution in [3.8, 4) is 0 Å². The lowest BCUT2D eigenvalue weighted by atomic mass is 10.1. The van der Waals surface area contributed by atoms with Crippen molar-refractivity contribution in [2.45, 2.75) is 18.9 Å². The highest BCUT2D eigenvalue weighted by Crippen LogP contribution is 2.34. The van der Waals surface area contributed by atoms with Crippen molar-refractivity contribution in [2.75, 3.05) is 11.4 Å². The number of anilines is 1. The molecule has 1 saturated heterocycles. The van der Waals surface area contributed by atoms with E-state index >= 15 is 0 Å². The molecule has 0 spiro atoms. The van der Waals surface area contributed by atoms with E-state index in [9.17, 15) is 14.4 Å². The maximum Gasteiger partial charge on any atom is 0.266 e. The minimum absolute atomic E-state index is 0.186. The van der Waals surface area contributed by atoms with Crippen molar-refractivity contribution in [3.63, 3.8) is 0 Å². The first-order valence-electron chi connectivity index (χ1n) is 8.12. The average Bonchev–Trinajstić information content (AvgIpc) is 3.09. The topological polar surface area (TPSA) is 57.7 Å². The molecule has 0 N–H and O–H groups in total. The predicted octanol–water partition coefficient (Wildman–Crippen LogP) is 3.24. The minimum atomic E-state index is -0.577. The number of hydrogen-bond acceptors (Lipinski definition) is 3. The van der Waals surface area contributed by atoms with Gasteiger partial charge in [-0.3, -0.25) is 14.4 Å². The summed E-state index contributed by atoms with van der Waals surface area (Å²) in [6.07, 6.45) is 1.35. The average molecular weight is 399 g/mol. The molecule has 0 unspecified atom stereocenters. The fraction of sp³-hybridized carbons (Fsp3) is 0.211. The van der Waals surface area contributed by atoms with Gasteiger partial charge in [0.15, 0.2) is 0 Å². The van der Waals surface area contributed by atoms with Gasteiger partial charge in [-0.1, -0.05) is 24.3 Å². The van der Waals surface area contributed by atoms with Crippen LogP contribution in [0.15, 0.2) is 53.0 Å². The molecule has 0 aromatic heterocycles. The fourth-order valence-electron chi connectivity index (χ4n) is 3.50. The molecule has 3 amide bonds. The third-order valence-corrected chi connectivity index (χ3v) is 5.39. The third kappa shape index (κ3) is 2.48. The van der Waals surface area contributed by atoms with Gasteiger partial charge in [0, 0.05) is 11.0 Å². The third-order valence-electron chi connectivity index (χ3n) is 4.70. The number of carbonyl (C=O) groups is 3. The molecular formula is C19H15BrN2O3. The fourth-order valence-corrected chi connectivity index (χ4v) is 3.96. The number of para-hydroxylation sites is 1. The van der Waals surface area contributed by atoms with Crippen molar-refractivity contribution < 1.29 is 14.4 Å². The number of hydrogen-bond donors (Lipinski definition) is 0. The number of amides is 3. The van der Waals surface area contributed by atoms with E-state index in [0.29, 0.717) is 34.3 Å². The molecule has 2 aromatic carbocycles. The van der Waals surface area contributed by atoms with Gasteiger partial charge < -0.3 is 4.90 Å². The minimum Gasteiger partial charge on any atom is -0.327 e. The molecule has 0 aliphatic carbocycles. The Morgan fingerprint density at radius 1 is 1.04 bits per heavy atom. The molecule has 1 atom stereocenters. The maximum absolute atomic E-state index is 13.2. The normalized spacial score (nSPS) is 19.5. The van der Waals surface area contributed by atoms with Crippen LogP contribution >= 0.6 is 15.9 Å². The van der Waals surface area contributed by atoms with Gasteiger partial charge in [0.25, 0.3) is 17.7 Å². The van der Waals surface area contributed by atoms with E-state index < -0.39 is 11.9 Å². The summed E-state index contributed by atoms with van der Waals surface area (Å²) >= 11 is 3.38. The monoisotopic (exact) mass is 398 g/mol. The van der Waals surface area contributed by atoms with Gasteiger partial charge in [0.1, 0.15) is 6.04 Å². The van der Waals surface area contributed by atoms with Crippen LogP contribution in [0.25, 0.3) is 0 Å². The Morgan fingerprint density at radius 2 is 1.76 bits per heavy atom. The summed E-state index contributed by atoms with van der Waals surface area (Å²) in [4.78, 5) is 42.0. The van der Waals surface area contributed by atoms with Crippen molar-refractivity contribution in [1.82, 2.24) is 4.90 Å². The number of nitrogens with zero attached hydrogens (tertiary/aromatic N) is 2. The second kappa shape index (κ2) is 6.11. The highest BCUT2D eigenvalue weighted by molar-refractivity contribution is 9.10. The Morgan fingerprint density at radius 3 is 2.56 bits per heavy atom. The molecule has 2 aromatic rings. The molecule has 0 bridgehead atoms. The van der Waals surface area contributed by atoms with Gasteiger partial charge in [-0.25, -0.2) is 4.90 Å². The van der Waals surface area contributed by atoms with Crippen LogP contribution in [0.4, 0.5) is 5.69 Å².